The molecule has 0 saturated heterocycles. The van der Waals surface area contributed by atoms with Gasteiger partial charge in [0.1, 0.15) is 0 Å². The Kier molecular flexibility index (Phi) is 9.76. The fourth-order valence-electron chi connectivity index (χ4n) is 2.76. The van der Waals surface area contributed by atoms with Gasteiger partial charge in [0, 0.05) is 31.0 Å². The molecule has 0 heterocycles. The van der Waals surface area contributed by atoms with Crippen molar-refractivity contribution in [1.82, 2.24) is 10.6 Å². The summed E-state index contributed by atoms with van der Waals surface area (Å²) in [7, 11) is 4.71. The van der Waals surface area contributed by atoms with E-state index in [1.54, 1.807) is 45.2 Å². The van der Waals surface area contributed by atoms with Gasteiger partial charge in [0.15, 0.2) is 17.5 Å². The van der Waals surface area contributed by atoms with Gasteiger partial charge in [-0.05, 0) is 29.5 Å². The van der Waals surface area contributed by atoms with Crippen molar-refractivity contribution in [1.29, 1.82) is 0 Å². The number of non-ortho nitro benzene ring substituents is 1. The highest BCUT2D eigenvalue weighted by Gasteiger charge is 2.13. The van der Waals surface area contributed by atoms with Gasteiger partial charge in [-0.1, -0.05) is 12.1 Å². The second-order valence-corrected chi connectivity index (χ2v) is 7.38. The Morgan fingerprint density at radius 2 is 1.68 bits per heavy atom. The van der Waals surface area contributed by atoms with Crippen LogP contribution in [0.1, 0.15) is 11.1 Å². The first-order chi connectivity index (χ1) is 15.0. The third-order valence-corrected chi connectivity index (χ3v) is 4.96. The molecule has 0 spiro atoms. The molecule has 2 N–H and O–H groups in total. The van der Waals surface area contributed by atoms with E-state index in [2.05, 4.69) is 15.6 Å². The number of aliphatic imine (C=N–C) groups is 1. The molecule has 2 rings (SSSR count). The minimum atomic E-state index is -0.411. The van der Waals surface area contributed by atoms with E-state index in [4.69, 9.17) is 14.2 Å². The van der Waals surface area contributed by atoms with Crippen LogP contribution in [0.3, 0.4) is 0 Å². The van der Waals surface area contributed by atoms with Gasteiger partial charge in [0.05, 0.1) is 32.8 Å². The summed E-state index contributed by atoms with van der Waals surface area (Å²) < 4.78 is 16.2. The maximum atomic E-state index is 10.8. The SMILES string of the molecule is COc1cc(CN=C(NCCSC)NCc2ccc([N+](=O)[O-])cc2)cc(OC)c1OC. The van der Waals surface area contributed by atoms with E-state index in [1.807, 2.05) is 18.4 Å². The third-order valence-electron chi connectivity index (χ3n) is 4.35. The monoisotopic (exact) mass is 448 g/mol. The molecule has 0 radical (unpaired) electrons. The lowest BCUT2D eigenvalue weighted by Gasteiger charge is -2.15. The van der Waals surface area contributed by atoms with Crippen molar-refractivity contribution < 1.29 is 19.1 Å². The Bertz CT molecular complexity index is 865. The molecule has 0 unspecified atom stereocenters. The van der Waals surface area contributed by atoms with Gasteiger partial charge in [0.2, 0.25) is 5.75 Å². The molecule has 2 aromatic carbocycles. The number of hydrogen-bond acceptors (Lipinski definition) is 7. The predicted molar refractivity (Wildman–Crippen MR) is 124 cm³/mol. The molecule has 0 fully saturated rings. The molecule has 0 atom stereocenters. The lowest BCUT2D eigenvalue weighted by Crippen LogP contribution is -2.38. The van der Waals surface area contributed by atoms with Gasteiger partial charge in [-0.15, -0.1) is 0 Å². The van der Waals surface area contributed by atoms with Gasteiger partial charge >= 0.3 is 0 Å². The van der Waals surface area contributed by atoms with Gasteiger partial charge < -0.3 is 24.8 Å². The molecule has 10 heteroatoms. The number of benzene rings is 2. The molecule has 0 saturated carbocycles. The van der Waals surface area contributed by atoms with Crippen molar-refractivity contribution in [2.45, 2.75) is 13.1 Å². The van der Waals surface area contributed by atoms with Crippen LogP contribution in [0, 0.1) is 10.1 Å². The van der Waals surface area contributed by atoms with Crippen molar-refractivity contribution in [3.05, 3.63) is 57.6 Å². The smallest absolute Gasteiger partial charge is 0.269 e. The molecule has 168 valence electrons. The van der Waals surface area contributed by atoms with Crippen LogP contribution in [0.4, 0.5) is 5.69 Å². The van der Waals surface area contributed by atoms with Crippen LogP contribution in [0.25, 0.3) is 0 Å². The lowest BCUT2D eigenvalue weighted by molar-refractivity contribution is -0.384. The molecule has 0 aliphatic carbocycles. The molecule has 0 bridgehead atoms. The maximum Gasteiger partial charge on any atom is 0.269 e. The average molecular weight is 449 g/mol. The van der Waals surface area contributed by atoms with Crippen molar-refractivity contribution in [2.24, 2.45) is 4.99 Å². The Morgan fingerprint density at radius 1 is 1.03 bits per heavy atom. The first-order valence-corrected chi connectivity index (χ1v) is 10.9. The van der Waals surface area contributed by atoms with E-state index >= 15 is 0 Å². The summed E-state index contributed by atoms with van der Waals surface area (Å²) in [5.41, 5.74) is 1.88. The first-order valence-electron chi connectivity index (χ1n) is 9.55. The minimum Gasteiger partial charge on any atom is -0.493 e. The molecule has 0 aliphatic heterocycles. The minimum absolute atomic E-state index is 0.0677. The van der Waals surface area contributed by atoms with E-state index in [-0.39, 0.29) is 5.69 Å². The molecule has 0 aliphatic rings. The van der Waals surface area contributed by atoms with Crippen molar-refractivity contribution >= 4 is 23.4 Å². The summed E-state index contributed by atoms with van der Waals surface area (Å²) in [6.07, 6.45) is 2.04. The van der Waals surface area contributed by atoms with Crippen LogP contribution in [-0.2, 0) is 13.1 Å². The fourth-order valence-corrected chi connectivity index (χ4v) is 3.07. The van der Waals surface area contributed by atoms with E-state index in [9.17, 15) is 10.1 Å². The predicted octanol–water partition coefficient (Wildman–Crippen LogP) is 3.22. The molecule has 0 amide bonds. The zero-order chi connectivity index (χ0) is 22.6. The van der Waals surface area contributed by atoms with Crippen LogP contribution in [0.2, 0.25) is 0 Å². The molecular formula is C21H28N4O5S. The Hall–Kier alpha value is -3.14. The third kappa shape index (κ3) is 7.25. The maximum absolute atomic E-state index is 10.8. The van der Waals surface area contributed by atoms with Crippen molar-refractivity contribution in [3.63, 3.8) is 0 Å². The highest BCUT2D eigenvalue weighted by atomic mass is 32.2. The highest BCUT2D eigenvalue weighted by Crippen LogP contribution is 2.38. The topological polar surface area (TPSA) is 107 Å². The number of rotatable bonds is 11. The van der Waals surface area contributed by atoms with Crippen LogP contribution in [0.15, 0.2) is 41.4 Å². The Morgan fingerprint density at radius 3 is 2.19 bits per heavy atom. The number of nitrogens with zero attached hydrogens (tertiary/aromatic N) is 2. The average Bonchev–Trinajstić information content (AvgIpc) is 2.79. The largest absolute Gasteiger partial charge is 0.493 e. The number of nitro groups is 1. The van der Waals surface area contributed by atoms with Crippen molar-refractivity contribution in [2.75, 3.05) is 39.9 Å². The summed E-state index contributed by atoms with van der Waals surface area (Å²) in [5.74, 6) is 3.25. The molecule has 31 heavy (non-hydrogen) atoms. The van der Waals surface area contributed by atoms with Gasteiger partial charge in [-0.3, -0.25) is 10.1 Å². The summed E-state index contributed by atoms with van der Waals surface area (Å²) in [5, 5.41) is 17.4. The molecule has 2 aromatic rings. The number of thioether (sulfide) groups is 1. The standard InChI is InChI=1S/C21H28N4O5S/c1-28-18-11-16(12-19(29-2)20(18)30-3)14-24-21(22-9-10-31-4)23-13-15-5-7-17(8-6-15)25(26)27/h5-8,11-12H,9-10,13-14H2,1-4H3,(H2,22,23,24). The number of nitrogens with one attached hydrogen (secondary N) is 2. The van der Waals surface area contributed by atoms with Gasteiger partial charge in [-0.25, -0.2) is 4.99 Å². The summed E-state index contributed by atoms with van der Waals surface area (Å²) in [4.78, 5) is 15.1. The van der Waals surface area contributed by atoms with Crippen LogP contribution >= 0.6 is 11.8 Å². The van der Waals surface area contributed by atoms with Gasteiger partial charge in [0.25, 0.3) is 5.69 Å². The Labute approximate surface area is 186 Å². The lowest BCUT2D eigenvalue weighted by atomic mass is 10.2. The fraction of sp³-hybridized carbons (Fsp3) is 0.381. The molecular weight excluding hydrogens is 420 g/mol. The van der Waals surface area contributed by atoms with Crippen LogP contribution < -0.4 is 24.8 Å². The number of guanidine groups is 1. The van der Waals surface area contributed by atoms with E-state index in [0.29, 0.717) is 36.3 Å². The number of nitro benzene ring substituents is 1. The quantitative estimate of drug-likeness (QED) is 0.177. The van der Waals surface area contributed by atoms with Crippen LogP contribution in [0.5, 0.6) is 17.2 Å². The Balaban J connectivity index is 2.14. The number of methoxy groups -OCH3 is 3. The second-order valence-electron chi connectivity index (χ2n) is 6.40. The number of hydrogen-bond donors (Lipinski definition) is 2. The highest BCUT2D eigenvalue weighted by molar-refractivity contribution is 7.98. The van der Waals surface area contributed by atoms with Crippen molar-refractivity contribution in [3.8, 4) is 17.2 Å². The summed E-state index contributed by atoms with van der Waals surface area (Å²) in [6.45, 7) is 1.63. The summed E-state index contributed by atoms with van der Waals surface area (Å²) >= 11 is 1.73. The van der Waals surface area contributed by atoms with E-state index in [1.165, 1.54) is 12.1 Å². The zero-order valence-electron chi connectivity index (χ0n) is 18.1. The van der Waals surface area contributed by atoms with Crippen LogP contribution in [-0.4, -0.2) is 50.8 Å². The first kappa shape index (κ1) is 24.1. The van der Waals surface area contributed by atoms with E-state index in [0.717, 1.165) is 23.4 Å². The summed E-state index contributed by atoms with van der Waals surface area (Å²) in [6, 6.07) is 10.2. The zero-order valence-corrected chi connectivity index (χ0v) is 19.0. The number of ether oxygens (including phenoxy) is 3. The van der Waals surface area contributed by atoms with Gasteiger partial charge in [-0.2, -0.15) is 11.8 Å². The second kappa shape index (κ2) is 12.5. The normalized spacial score (nSPS) is 11.0. The molecule has 9 nitrogen and oxygen atoms in total. The molecule has 0 aromatic heterocycles. The van der Waals surface area contributed by atoms with E-state index < -0.39 is 4.92 Å².